The molecule has 2 aromatic rings. The van der Waals surface area contributed by atoms with Crippen LogP contribution >= 0.6 is 0 Å². The van der Waals surface area contributed by atoms with Crippen LogP contribution < -0.4 is 5.32 Å². The van der Waals surface area contributed by atoms with Gasteiger partial charge in [-0.05, 0) is 35.2 Å². The van der Waals surface area contributed by atoms with E-state index in [1.54, 1.807) is 12.1 Å². The summed E-state index contributed by atoms with van der Waals surface area (Å²) in [6, 6.07) is 11.6. The van der Waals surface area contributed by atoms with E-state index in [1.807, 2.05) is 12.1 Å². The zero-order valence-electron chi connectivity index (χ0n) is 20.1. The Bertz CT molecular complexity index is 1120. The standard InChI is InChI=1S/C26H29F4N3O2/c1-16(34)33-14-25(27,15-33)23(35)32(4)22(26(28,29)30)17-9-11-19(12-10-17)31-21-13-18-7-5-6-8-20(18)24(21,2)3/h5-12,21-22,31H,13-15H2,1-4H3/t21?,22-/m0/s1. The van der Waals surface area contributed by atoms with E-state index in [4.69, 9.17) is 0 Å². The van der Waals surface area contributed by atoms with Crippen molar-refractivity contribution >= 4 is 17.5 Å². The van der Waals surface area contributed by atoms with Gasteiger partial charge >= 0.3 is 6.18 Å². The molecule has 0 bridgehead atoms. The molecule has 2 aromatic carbocycles. The molecule has 0 spiro atoms. The van der Waals surface area contributed by atoms with Crippen LogP contribution in [0.25, 0.3) is 0 Å². The van der Waals surface area contributed by atoms with Crippen LogP contribution in [0.4, 0.5) is 23.2 Å². The molecule has 0 aromatic heterocycles. The number of anilines is 1. The van der Waals surface area contributed by atoms with Gasteiger partial charge in [-0.1, -0.05) is 50.2 Å². The van der Waals surface area contributed by atoms with E-state index < -0.39 is 42.8 Å². The number of nitrogens with one attached hydrogen (secondary N) is 1. The van der Waals surface area contributed by atoms with Crippen LogP contribution in [-0.2, 0) is 21.4 Å². The molecule has 0 radical (unpaired) electrons. The van der Waals surface area contributed by atoms with E-state index in [0.29, 0.717) is 10.6 Å². The highest BCUT2D eigenvalue weighted by molar-refractivity contribution is 5.89. The summed E-state index contributed by atoms with van der Waals surface area (Å²) >= 11 is 0. The predicted molar refractivity (Wildman–Crippen MR) is 125 cm³/mol. The van der Waals surface area contributed by atoms with Gasteiger partial charge in [0.25, 0.3) is 5.91 Å². The maximum Gasteiger partial charge on any atom is 0.413 e. The van der Waals surface area contributed by atoms with Gasteiger partial charge in [-0.15, -0.1) is 0 Å². The summed E-state index contributed by atoms with van der Waals surface area (Å²) in [5.41, 5.74) is 0.290. The normalized spacial score (nSPS) is 21.0. The quantitative estimate of drug-likeness (QED) is 0.621. The minimum Gasteiger partial charge on any atom is -0.381 e. The first-order valence-electron chi connectivity index (χ1n) is 11.5. The lowest BCUT2D eigenvalue weighted by Crippen LogP contribution is -2.67. The predicted octanol–water partition coefficient (Wildman–Crippen LogP) is 4.63. The molecule has 1 heterocycles. The molecule has 1 aliphatic carbocycles. The number of alkyl halides is 4. The van der Waals surface area contributed by atoms with E-state index in [2.05, 4.69) is 31.3 Å². The first-order chi connectivity index (χ1) is 16.2. The Labute approximate surface area is 202 Å². The average Bonchev–Trinajstić information content (AvgIpc) is 3.01. The Morgan fingerprint density at radius 2 is 1.69 bits per heavy atom. The molecule has 1 N–H and O–H groups in total. The molecule has 2 amide bonds. The summed E-state index contributed by atoms with van der Waals surface area (Å²) in [5, 5.41) is 3.43. The van der Waals surface area contributed by atoms with E-state index in [9.17, 15) is 27.2 Å². The number of hydrogen-bond acceptors (Lipinski definition) is 3. The minimum absolute atomic E-state index is 0.0580. The first-order valence-corrected chi connectivity index (χ1v) is 11.5. The zero-order chi connectivity index (χ0) is 25.8. The molecule has 2 atom stereocenters. The summed E-state index contributed by atoms with van der Waals surface area (Å²) in [6.07, 6.45) is -4.02. The van der Waals surface area contributed by atoms with Crippen molar-refractivity contribution in [2.24, 2.45) is 0 Å². The second kappa shape index (κ2) is 8.53. The van der Waals surface area contributed by atoms with Gasteiger partial charge < -0.3 is 15.1 Å². The molecule has 35 heavy (non-hydrogen) atoms. The van der Waals surface area contributed by atoms with Gasteiger partial charge in [0.05, 0.1) is 13.1 Å². The fourth-order valence-electron chi connectivity index (χ4n) is 5.17. The van der Waals surface area contributed by atoms with Crippen LogP contribution in [0.5, 0.6) is 0 Å². The fraction of sp³-hybridized carbons (Fsp3) is 0.462. The average molecular weight is 492 g/mol. The Morgan fingerprint density at radius 1 is 1.09 bits per heavy atom. The van der Waals surface area contributed by atoms with Gasteiger partial charge in [-0.2, -0.15) is 13.2 Å². The number of benzene rings is 2. The van der Waals surface area contributed by atoms with Gasteiger partial charge in [-0.3, -0.25) is 9.59 Å². The molecule has 2 aliphatic rings. The topological polar surface area (TPSA) is 52.7 Å². The third-order valence-corrected chi connectivity index (χ3v) is 7.30. The van der Waals surface area contributed by atoms with E-state index in [-0.39, 0.29) is 17.0 Å². The molecule has 0 saturated carbocycles. The maximum atomic E-state index is 14.9. The largest absolute Gasteiger partial charge is 0.413 e. The lowest BCUT2D eigenvalue weighted by Gasteiger charge is -2.45. The molecular formula is C26H29F4N3O2. The molecule has 1 fully saturated rings. The number of halogens is 4. The summed E-state index contributed by atoms with van der Waals surface area (Å²) in [4.78, 5) is 25.5. The summed E-state index contributed by atoms with van der Waals surface area (Å²) in [7, 11) is 0.947. The monoisotopic (exact) mass is 491 g/mol. The van der Waals surface area contributed by atoms with Crippen molar-refractivity contribution in [1.82, 2.24) is 9.80 Å². The number of carbonyl (C=O) groups is 2. The fourth-order valence-corrected chi connectivity index (χ4v) is 5.17. The molecule has 1 saturated heterocycles. The van der Waals surface area contributed by atoms with Crippen molar-refractivity contribution in [2.75, 3.05) is 25.5 Å². The lowest BCUT2D eigenvalue weighted by molar-refractivity contribution is -0.198. The SMILES string of the molecule is CC(=O)N1CC(F)(C(=O)N(C)[C@@H](c2ccc(NC3Cc4ccccc4C3(C)C)cc2)C(F)(F)F)C1. The Hall–Kier alpha value is -3.10. The van der Waals surface area contributed by atoms with Gasteiger partial charge in [0, 0.05) is 31.1 Å². The zero-order valence-corrected chi connectivity index (χ0v) is 20.1. The number of amides is 2. The third kappa shape index (κ3) is 4.48. The number of likely N-dealkylation sites (tertiary alicyclic amines) is 1. The van der Waals surface area contributed by atoms with E-state index in [0.717, 1.165) is 18.4 Å². The number of fused-ring (bicyclic) bond motifs is 1. The van der Waals surface area contributed by atoms with Crippen LogP contribution in [-0.4, -0.2) is 59.6 Å². The van der Waals surface area contributed by atoms with Gasteiger partial charge in [0.1, 0.15) is 0 Å². The van der Waals surface area contributed by atoms with Crippen molar-refractivity contribution in [3.8, 4) is 0 Å². The molecular weight excluding hydrogens is 462 g/mol. The number of carbonyl (C=O) groups excluding carboxylic acids is 2. The molecule has 4 rings (SSSR count). The second-order valence-electron chi connectivity index (χ2n) is 10.1. The second-order valence-corrected chi connectivity index (χ2v) is 10.1. The van der Waals surface area contributed by atoms with Crippen molar-refractivity contribution in [1.29, 1.82) is 0 Å². The lowest BCUT2D eigenvalue weighted by atomic mass is 9.83. The van der Waals surface area contributed by atoms with Crippen molar-refractivity contribution in [3.05, 3.63) is 65.2 Å². The van der Waals surface area contributed by atoms with Gasteiger partial charge in [-0.25, -0.2) is 4.39 Å². The summed E-state index contributed by atoms with van der Waals surface area (Å²) in [5.74, 6) is -1.72. The van der Waals surface area contributed by atoms with E-state index >= 15 is 0 Å². The third-order valence-electron chi connectivity index (χ3n) is 7.30. The van der Waals surface area contributed by atoms with Crippen LogP contribution in [0.15, 0.2) is 48.5 Å². The van der Waals surface area contributed by atoms with Crippen LogP contribution in [0.2, 0.25) is 0 Å². The molecule has 1 aliphatic heterocycles. The molecule has 1 unspecified atom stereocenters. The molecule has 188 valence electrons. The molecule has 9 heteroatoms. The molecule has 5 nitrogen and oxygen atoms in total. The van der Waals surface area contributed by atoms with Crippen molar-refractivity contribution in [2.45, 2.75) is 56.5 Å². The van der Waals surface area contributed by atoms with Gasteiger partial charge in [0.2, 0.25) is 11.6 Å². The smallest absolute Gasteiger partial charge is 0.381 e. The Kier molecular flexibility index (Phi) is 6.10. The van der Waals surface area contributed by atoms with Crippen LogP contribution in [0.1, 0.15) is 43.5 Å². The van der Waals surface area contributed by atoms with Crippen molar-refractivity contribution < 1.29 is 27.2 Å². The van der Waals surface area contributed by atoms with Crippen LogP contribution in [0, 0.1) is 0 Å². The number of nitrogens with zero attached hydrogens (tertiary/aromatic N) is 2. The Morgan fingerprint density at radius 3 is 2.23 bits per heavy atom. The highest BCUT2D eigenvalue weighted by Crippen LogP contribution is 2.42. The summed E-state index contributed by atoms with van der Waals surface area (Å²) < 4.78 is 57.0. The number of rotatable bonds is 5. The van der Waals surface area contributed by atoms with Crippen molar-refractivity contribution in [3.63, 3.8) is 0 Å². The van der Waals surface area contributed by atoms with E-state index in [1.165, 1.54) is 30.2 Å². The minimum atomic E-state index is -4.81. The first kappa shape index (κ1) is 25.0. The van der Waals surface area contributed by atoms with Gasteiger partial charge in [0.15, 0.2) is 6.04 Å². The highest BCUT2D eigenvalue weighted by atomic mass is 19.4. The number of hydrogen-bond donors (Lipinski definition) is 1. The Balaban J connectivity index is 1.51. The van der Waals surface area contributed by atoms with Crippen LogP contribution in [0.3, 0.4) is 0 Å². The highest BCUT2D eigenvalue weighted by Gasteiger charge is 2.56. The maximum absolute atomic E-state index is 14.9. The summed E-state index contributed by atoms with van der Waals surface area (Å²) in [6.45, 7) is 4.39.